The third-order valence-electron chi connectivity index (χ3n) is 4.34. The van der Waals surface area contributed by atoms with Crippen LogP contribution in [0, 0.1) is 0 Å². The van der Waals surface area contributed by atoms with Crippen LogP contribution in [0.4, 0.5) is 0 Å². The number of carbonyl (C=O) groups excluding carboxylic acids is 1. The highest BCUT2D eigenvalue weighted by Gasteiger charge is 2.23. The van der Waals surface area contributed by atoms with Crippen molar-refractivity contribution in [1.29, 1.82) is 0 Å². The number of ketones is 1. The summed E-state index contributed by atoms with van der Waals surface area (Å²) in [4.78, 5) is 12.9. The van der Waals surface area contributed by atoms with Gasteiger partial charge in [0.2, 0.25) is 0 Å². The summed E-state index contributed by atoms with van der Waals surface area (Å²) >= 11 is 6.13. The maximum Gasteiger partial charge on any atom is 0.193 e. The van der Waals surface area contributed by atoms with Gasteiger partial charge in [-0.2, -0.15) is 0 Å². The van der Waals surface area contributed by atoms with Crippen molar-refractivity contribution in [2.75, 3.05) is 14.2 Å². The lowest BCUT2D eigenvalue weighted by atomic mass is 10.0. The molecule has 1 aromatic heterocycles. The average molecular weight is 398 g/mol. The molecule has 0 bridgehead atoms. The quantitative estimate of drug-likeness (QED) is 0.459. The molecular formula is C22H20ClNO4. The van der Waals surface area contributed by atoms with E-state index < -0.39 is 5.78 Å². The summed E-state index contributed by atoms with van der Waals surface area (Å²) in [6.07, 6.45) is 6.70. The van der Waals surface area contributed by atoms with Crippen molar-refractivity contribution in [3.63, 3.8) is 0 Å². The molecule has 1 N–H and O–H groups in total. The fourth-order valence-electron chi connectivity index (χ4n) is 2.91. The zero-order valence-corrected chi connectivity index (χ0v) is 16.3. The number of halogens is 1. The zero-order valence-electron chi connectivity index (χ0n) is 15.6. The predicted octanol–water partition coefficient (Wildman–Crippen LogP) is 4.81. The second kappa shape index (κ2) is 8.67. The lowest BCUT2D eigenvalue weighted by Gasteiger charge is -2.17. The summed E-state index contributed by atoms with van der Waals surface area (Å²) < 4.78 is 12.6. The van der Waals surface area contributed by atoms with E-state index in [2.05, 4.69) is 0 Å². The van der Waals surface area contributed by atoms with Crippen molar-refractivity contribution >= 4 is 23.5 Å². The number of methoxy groups -OCH3 is 2. The number of phenolic OH excluding ortho intramolecular Hbond substituents is 1. The Morgan fingerprint density at radius 3 is 2.43 bits per heavy atom. The number of ether oxygens (including phenoxy) is 2. The molecule has 0 spiro atoms. The number of phenols is 1. The van der Waals surface area contributed by atoms with Crippen LogP contribution in [0.25, 0.3) is 6.08 Å². The van der Waals surface area contributed by atoms with Crippen LogP contribution in [0.3, 0.4) is 0 Å². The molecule has 0 saturated carbocycles. The Hall–Kier alpha value is -3.18. The lowest BCUT2D eigenvalue weighted by molar-refractivity contribution is 0.104. The van der Waals surface area contributed by atoms with Gasteiger partial charge in [0.25, 0.3) is 0 Å². The Bertz CT molecular complexity index is 1010. The Labute approximate surface area is 168 Å². The maximum atomic E-state index is 12.9. The minimum absolute atomic E-state index is 0.0776. The predicted molar refractivity (Wildman–Crippen MR) is 110 cm³/mol. The van der Waals surface area contributed by atoms with Crippen molar-refractivity contribution < 1.29 is 19.4 Å². The van der Waals surface area contributed by atoms with E-state index in [1.165, 1.54) is 20.3 Å². The SMILES string of the molecule is COc1cc(OC)c(C(=O)C=Cc2ccccc2Cl)c(O)c1Cn1cccc1. The first-order valence-corrected chi connectivity index (χ1v) is 8.97. The summed E-state index contributed by atoms with van der Waals surface area (Å²) in [6, 6.07) is 12.6. The van der Waals surface area contributed by atoms with Crippen LogP contribution in [-0.4, -0.2) is 29.7 Å². The number of hydrogen-bond donors (Lipinski definition) is 1. The second-order valence-electron chi connectivity index (χ2n) is 6.06. The molecule has 0 aliphatic rings. The van der Waals surface area contributed by atoms with E-state index in [1.54, 1.807) is 24.3 Å². The molecule has 3 aromatic rings. The van der Waals surface area contributed by atoms with Crippen LogP contribution in [0.15, 0.2) is 60.9 Å². The van der Waals surface area contributed by atoms with Crippen molar-refractivity contribution in [2.45, 2.75) is 6.54 Å². The Morgan fingerprint density at radius 2 is 1.79 bits per heavy atom. The summed E-state index contributed by atoms with van der Waals surface area (Å²) in [7, 11) is 2.95. The molecule has 1 heterocycles. The molecule has 5 nitrogen and oxygen atoms in total. The topological polar surface area (TPSA) is 60.7 Å². The number of allylic oxidation sites excluding steroid dienone is 1. The van der Waals surface area contributed by atoms with E-state index >= 15 is 0 Å². The van der Waals surface area contributed by atoms with Gasteiger partial charge < -0.3 is 19.1 Å². The molecule has 28 heavy (non-hydrogen) atoms. The van der Waals surface area contributed by atoms with Gasteiger partial charge in [-0.25, -0.2) is 0 Å². The molecule has 3 rings (SSSR count). The number of nitrogens with zero attached hydrogens (tertiary/aromatic N) is 1. The maximum absolute atomic E-state index is 12.9. The zero-order chi connectivity index (χ0) is 20.1. The van der Waals surface area contributed by atoms with Crippen LogP contribution >= 0.6 is 11.6 Å². The molecular weight excluding hydrogens is 378 g/mol. The van der Waals surface area contributed by atoms with Gasteiger partial charge in [-0.05, 0) is 35.9 Å². The third-order valence-corrected chi connectivity index (χ3v) is 4.69. The Balaban J connectivity index is 2.03. The van der Waals surface area contributed by atoms with Gasteiger partial charge in [-0.15, -0.1) is 0 Å². The van der Waals surface area contributed by atoms with Crippen LogP contribution in [-0.2, 0) is 6.54 Å². The van der Waals surface area contributed by atoms with Gasteiger partial charge in [0, 0.05) is 23.5 Å². The molecule has 144 valence electrons. The van der Waals surface area contributed by atoms with E-state index in [-0.39, 0.29) is 17.1 Å². The molecule has 0 aliphatic carbocycles. The number of aromatic nitrogens is 1. The molecule has 0 amide bonds. The van der Waals surface area contributed by atoms with Crippen molar-refractivity contribution in [2.24, 2.45) is 0 Å². The molecule has 0 radical (unpaired) electrons. The molecule has 0 aliphatic heterocycles. The van der Waals surface area contributed by atoms with Gasteiger partial charge in [0.15, 0.2) is 5.78 Å². The van der Waals surface area contributed by atoms with E-state index in [0.717, 1.165) is 0 Å². The number of hydrogen-bond acceptors (Lipinski definition) is 4. The minimum atomic E-state index is -0.398. The third kappa shape index (κ3) is 4.05. The number of rotatable bonds is 7. The molecule has 0 atom stereocenters. The van der Waals surface area contributed by atoms with Gasteiger partial charge in [-0.3, -0.25) is 4.79 Å². The molecule has 0 unspecified atom stereocenters. The first kappa shape index (κ1) is 19.6. The highest BCUT2D eigenvalue weighted by Crippen LogP contribution is 2.39. The molecule has 6 heteroatoms. The van der Waals surface area contributed by atoms with Crippen molar-refractivity contribution in [3.8, 4) is 17.2 Å². The fourth-order valence-corrected chi connectivity index (χ4v) is 3.11. The van der Waals surface area contributed by atoms with Gasteiger partial charge in [0.1, 0.15) is 22.8 Å². The van der Waals surface area contributed by atoms with E-state index in [4.69, 9.17) is 21.1 Å². The number of carbonyl (C=O) groups is 1. The van der Waals surface area contributed by atoms with Crippen LogP contribution in [0.2, 0.25) is 5.02 Å². The largest absolute Gasteiger partial charge is 0.507 e. The summed E-state index contributed by atoms with van der Waals surface area (Å²) in [6.45, 7) is 0.348. The molecule has 0 fully saturated rings. The van der Waals surface area contributed by atoms with Crippen LogP contribution in [0.1, 0.15) is 21.5 Å². The number of benzene rings is 2. The fraction of sp³-hybridized carbons (Fsp3) is 0.136. The van der Waals surface area contributed by atoms with Crippen molar-refractivity contribution in [3.05, 3.63) is 82.6 Å². The molecule has 0 saturated heterocycles. The highest BCUT2D eigenvalue weighted by molar-refractivity contribution is 6.32. The first-order valence-electron chi connectivity index (χ1n) is 8.59. The van der Waals surface area contributed by atoms with Crippen molar-refractivity contribution in [1.82, 2.24) is 4.57 Å². The van der Waals surface area contributed by atoms with E-state index in [0.29, 0.717) is 28.4 Å². The highest BCUT2D eigenvalue weighted by atomic mass is 35.5. The van der Waals surface area contributed by atoms with E-state index in [1.807, 2.05) is 41.2 Å². The van der Waals surface area contributed by atoms with Gasteiger partial charge in [-0.1, -0.05) is 29.8 Å². The first-order chi connectivity index (χ1) is 13.5. The summed E-state index contributed by atoms with van der Waals surface area (Å²) in [5.41, 5.74) is 1.28. The summed E-state index contributed by atoms with van der Waals surface area (Å²) in [5.74, 6) is 0.110. The Kier molecular flexibility index (Phi) is 6.06. The average Bonchev–Trinajstić information content (AvgIpc) is 3.21. The lowest BCUT2D eigenvalue weighted by Crippen LogP contribution is -2.06. The normalized spacial score (nSPS) is 11.0. The molecule has 2 aromatic carbocycles. The standard InChI is InChI=1S/C22H20ClNO4/c1-27-19-13-20(28-2)21(22(26)16(19)14-24-11-5-6-12-24)18(25)10-9-15-7-3-4-8-17(15)23/h3-13,26H,14H2,1-2H3. The minimum Gasteiger partial charge on any atom is -0.507 e. The van der Waals surface area contributed by atoms with Gasteiger partial charge in [0.05, 0.1) is 26.3 Å². The van der Waals surface area contributed by atoms with Crippen LogP contribution in [0.5, 0.6) is 17.2 Å². The monoisotopic (exact) mass is 397 g/mol. The summed E-state index contributed by atoms with van der Waals surface area (Å²) in [5, 5.41) is 11.4. The van der Waals surface area contributed by atoms with Gasteiger partial charge >= 0.3 is 0 Å². The Morgan fingerprint density at radius 1 is 1.11 bits per heavy atom. The second-order valence-corrected chi connectivity index (χ2v) is 6.46. The van der Waals surface area contributed by atoms with Crippen LogP contribution < -0.4 is 9.47 Å². The van der Waals surface area contributed by atoms with E-state index in [9.17, 15) is 9.90 Å². The number of aromatic hydroxyl groups is 1. The smallest absolute Gasteiger partial charge is 0.193 e.